The Morgan fingerprint density at radius 3 is 2.80 bits per heavy atom. The molecular weight excluding hydrogens is 162 g/mol. The van der Waals surface area contributed by atoms with E-state index in [1.54, 1.807) is 11.8 Å². The fraction of sp³-hybridized carbons (Fsp3) is 0.714. The fourth-order valence-electron chi connectivity index (χ4n) is 0.518. The lowest BCUT2D eigenvalue weighted by molar-refractivity contribution is 0.918. The zero-order valence-electron chi connectivity index (χ0n) is 6.64. The Balaban J connectivity index is 3.05. The first-order valence-electron chi connectivity index (χ1n) is 3.35. The maximum Gasteiger partial charge on any atom is 0.0608 e. The van der Waals surface area contributed by atoms with Crippen LogP contribution < -0.4 is 5.32 Å². The van der Waals surface area contributed by atoms with Gasteiger partial charge in [0.1, 0.15) is 0 Å². The summed E-state index contributed by atoms with van der Waals surface area (Å²) < 4.78 is 0. The second-order valence-corrected chi connectivity index (χ2v) is 4.12. The molecule has 0 saturated heterocycles. The zero-order chi connectivity index (χ0) is 7.82. The third kappa shape index (κ3) is 6.36. The molecule has 0 amide bonds. The number of thioether (sulfide) groups is 2. The summed E-state index contributed by atoms with van der Waals surface area (Å²) >= 11 is 3.62. The molecule has 0 atom stereocenters. The molecule has 0 saturated carbocycles. The number of nitrogens with one attached hydrogen (secondary N) is 1. The fourth-order valence-corrected chi connectivity index (χ4v) is 1.38. The highest BCUT2D eigenvalue weighted by atomic mass is 32.2. The summed E-state index contributed by atoms with van der Waals surface area (Å²) in [5.41, 5.74) is 0. The van der Waals surface area contributed by atoms with E-state index in [9.17, 15) is 0 Å². The molecule has 1 nitrogen and oxygen atoms in total. The maximum atomic E-state index is 3.86. The van der Waals surface area contributed by atoms with Crippen LogP contribution in [-0.2, 0) is 0 Å². The van der Waals surface area contributed by atoms with Gasteiger partial charge in [0.05, 0.1) is 5.03 Å². The van der Waals surface area contributed by atoms with Crippen molar-refractivity contribution in [1.82, 2.24) is 5.32 Å². The van der Waals surface area contributed by atoms with E-state index in [-0.39, 0.29) is 0 Å². The molecule has 0 aromatic heterocycles. The molecule has 0 aromatic rings. The molecule has 0 rings (SSSR count). The normalized spacial score (nSPS) is 9.40. The number of rotatable bonds is 6. The van der Waals surface area contributed by atoms with Crippen molar-refractivity contribution in [2.45, 2.75) is 6.92 Å². The second-order valence-electron chi connectivity index (χ2n) is 1.78. The van der Waals surface area contributed by atoms with Crippen molar-refractivity contribution in [1.29, 1.82) is 0 Å². The zero-order valence-corrected chi connectivity index (χ0v) is 8.28. The van der Waals surface area contributed by atoms with Gasteiger partial charge in [-0.05, 0) is 12.0 Å². The van der Waals surface area contributed by atoms with Crippen LogP contribution in [0, 0.1) is 0 Å². The third-order valence-corrected chi connectivity index (χ3v) is 2.34. The van der Waals surface area contributed by atoms with Gasteiger partial charge in [-0.25, -0.2) is 0 Å². The smallest absolute Gasteiger partial charge is 0.0608 e. The number of hydrogen-bond donors (Lipinski definition) is 1. The van der Waals surface area contributed by atoms with Crippen LogP contribution >= 0.6 is 23.5 Å². The minimum absolute atomic E-state index is 1.03. The number of hydrogen-bond acceptors (Lipinski definition) is 3. The van der Waals surface area contributed by atoms with E-state index < -0.39 is 0 Å². The Morgan fingerprint density at radius 2 is 2.30 bits per heavy atom. The lowest BCUT2D eigenvalue weighted by Gasteiger charge is -2.05. The molecule has 60 valence electrons. The Hall–Kier alpha value is 0.240. The molecule has 0 heterocycles. The van der Waals surface area contributed by atoms with Gasteiger partial charge in [-0.3, -0.25) is 0 Å². The van der Waals surface area contributed by atoms with Gasteiger partial charge in [0.15, 0.2) is 0 Å². The van der Waals surface area contributed by atoms with Crippen molar-refractivity contribution < 1.29 is 0 Å². The summed E-state index contributed by atoms with van der Waals surface area (Å²) in [6, 6.07) is 0. The van der Waals surface area contributed by atoms with Gasteiger partial charge in [-0.15, -0.1) is 11.8 Å². The molecule has 0 aliphatic carbocycles. The minimum Gasteiger partial charge on any atom is -0.380 e. The van der Waals surface area contributed by atoms with Gasteiger partial charge < -0.3 is 5.32 Å². The van der Waals surface area contributed by atoms with Crippen LogP contribution in [0.25, 0.3) is 0 Å². The Labute approximate surface area is 72.0 Å². The van der Waals surface area contributed by atoms with Crippen LogP contribution in [0.1, 0.15) is 6.92 Å². The highest BCUT2D eigenvalue weighted by Crippen LogP contribution is 2.07. The Kier molecular flexibility index (Phi) is 7.52. The highest BCUT2D eigenvalue weighted by molar-refractivity contribution is 8.02. The van der Waals surface area contributed by atoms with Gasteiger partial charge in [-0.1, -0.05) is 13.5 Å². The molecule has 3 heteroatoms. The first-order valence-corrected chi connectivity index (χ1v) is 5.73. The average Bonchev–Trinajstić information content (AvgIpc) is 1.89. The predicted molar refractivity (Wildman–Crippen MR) is 53.7 cm³/mol. The predicted octanol–water partition coefficient (Wildman–Crippen LogP) is 2.16. The van der Waals surface area contributed by atoms with E-state index in [4.69, 9.17) is 0 Å². The molecule has 0 bridgehead atoms. The molecule has 0 aliphatic rings. The summed E-state index contributed by atoms with van der Waals surface area (Å²) in [6.45, 7) is 7.02. The Morgan fingerprint density at radius 1 is 1.60 bits per heavy atom. The van der Waals surface area contributed by atoms with Crippen molar-refractivity contribution >= 4 is 23.5 Å². The largest absolute Gasteiger partial charge is 0.380 e. The van der Waals surface area contributed by atoms with Crippen molar-refractivity contribution in [2.24, 2.45) is 0 Å². The monoisotopic (exact) mass is 177 g/mol. The van der Waals surface area contributed by atoms with Crippen LogP contribution in [-0.4, -0.2) is 24.3 Å². The van der Waals surface area contributed by atoms with Gasteiger partial charge >= 0.3 is 0 Å². The topological polar surface area (TPSA) is 12.0 Å². The average molecular weight is 177 g/mol. The maximum absolute atomic E-state index is 3.86. The van der Waals surface area contributed by atoms with Crippen LogP contribution in [0.5, 0.6) is 0 Å². The first-order chi connectivity index (χ1) is 4.81. The summed E-state index contributed by atoms with van der Waals surface area (Å²) in [5.74, 6) is 2.26. The molecule has 0 fully saturated rings. The van der Waals surface area contributed by atoms with Crippen LogP contribution in [0.15, 0.2) is 11.6 Å². The molecule has 0 unspecified atom stereocenters. The van der Waals surface area contributed by atoms with Crippen molar-refractivity contribution in [3.63, 3.8) is 0 Å². The van der Waals surface area contributed by atoms with Gasteiger partial charge in [0.2, 0.25) is 0 Å². The lowest BCUT2D eigenvalue weighted by atomic mass is 10.7. The van der Waals surface area contributed by atoms with E-state index in [0.29, 0.717) is 0 Å². The molecule has 10 heavy (non-hydrogen) atoms. The van der Waals surface area contributed by atoms with Gasteiger partial charge in [-0.2, -0.15) is 11.8 Å². The molecule has 0 spiro atoms. The highest BCUT2D eigenvalue weighted by Gasteiger charge is 1.89. The van der Waals surface area contributed by atoms with Crippen LogP contribution in [0.2, 0.25) is 0 Å². The molecule has 0 aromatic carbocycles. The Bertz CT molecular complexity index is 93.6. The van der Waals surface area contributed by atoms with Gasteiger partial charge in [0, 0.05) is 12.3 Å². The van der Waals surface area contributed by atoms with Crippen molar-refractivity contribution in [3.8, 4) is 0 Å². The lowest BCUT2D eigenvalue weighted by Crippen LogP contribution is -2.13. The van der Waals surface area contributed by atoms with Crippen LogP contribution in [0.4, 0.5) is 0 Å². The van der Waals surface area contributed by atoms with E-state index in [2.05, 4.69) is 25.1 Å². The summed E-state index contributed by atoms with van der Waals surface area (Å²) in [6.07, 6.45) is 2.11. The summed E-state index contributed by atoms with van der Waals surface area (Å²) in [7, 11) is 0. The van der Waals surface area contributed by atoms with E-state index in [0.717, 1.165) is 23.1 Å². The molecule has 1 N–H and O–H groups in total. The molecule has 0 aliphatic heterocycles. The van der Waals surface area contributed by atoms with E-state index >= 15 is 0 Å². The third-order valence-electron chi connectivity index (χ3n) is 0.947. The standard InChI is InChI=1S/C7H15NS2/c1-4-10-7(2)8-5-6-9-3/h8H,2,4-6H2,1,3H3. The van der Waals surface area contributed by atoms with Gasteiger partial charge in [0.25, 0.3) is 0 Å². The quantitative estimate of drug-likeness (QED) is 0.624. The summed E-state index contributed by atoms with van der Waals surface area (Å²) in [4.78, 5) is 0. The van der Waals surface area contributed by atoms with E-state index in [1.165, 1.54) is 0 Å². The molecule has 0 radical (unpaired) electrons. The van der Waals surface area contributed by atoms with E-state index in [1.807, 2.05) is 11.8 Å². The molecular formula is C7H15NS2. The summed E-state index contributed by atoms with van der Waals surface area (Å²) in [5, 5.41) is 4.33. The first kappa shape index (κ1) is 10.2. The SMILES string of the molecule is C=C(NCCSC)SCC. The van der Waals surface area contributed by atoms with Crippen molar-refractivity contribution in [2.75, 3.05) is 24.3 Å². The van der Waals surface area contributed by atoms with Crippen LogP contribution in [0.3, 0.4) is 0 Å². The van der Waals surface area contributed by atoms with Crippen molar-refractivity contribution in [3.05, 3.63) is 11.6 Å². The second kappa shape index (κ2) is 7.35. The minimum atomic E-state index is 1.03.